The summed E-state index contributed by atoms with van der Waals surface area (Å²) in [5.74, 6) is 0. The summed E-state index contributed by atoms with van der Waals surface area (Å²) in [6, 6.07) is 9.88. The van der Waals surface area contributed by atoms with Gasteiger partial charge in [-0.05, 0) is 43.2 Å². The lowest BCUT2D eigenvalue weighted by molar-refractivity contribution is 1.30. The van der Waals surface area contributed by atoms with Crippen LogP contribution in [0.3, 0.4) is 0 Å². The average molecular weight is 182 g/mol. The van der Waals surface area contributed by atoms with Gasteiger partial charge in [0.25, 0.3) is 0 Å². The highest BCUT2D eigenvalue weighted by Gasteiger charge is 2.01. The van der Waals surface area contributed by atoms with Gasteiger partial charge in [0.15, 0.2) is 0 Å². The van der Waals surface area contributed by atoms with Gasteiger partial charge in [0.1, 0.15) is 11.8 Å². The number of aryl methyl sites for hydroxylation is 2. The van der Waals surface area contributed by atoms with Crippen molar-refractivity contribution in [2.24, 2.45) is 0 Å². The number of hydrogen-bond acceptors (Lipinski definition) is 2. The van der Waals surface area contributed by atoms with E-state index < -0.39 is 0 Å². The summed E-state index contributed by atoms with van der Waals surface area (Å²) in [6.45, 7) is 4.09. The normalized spacial score (nSPS) is 10.1. The number of rotatable bonds is 0. The van der Waals surface area contributed by atoms with Crippen LogP contribution in [0.2, 0.25) is 0 Å². The summed E-state index contributed by atoms with van der Waals surface area (Å²) < 4.78 is 0. The van der Waals surface area contributed by atoms with Crippen molar-refractivity contribution in [3.8, 4) is 6.07 Å². The molecule has 0 amide bonds. The lowest BCUT2D eigenvalue weighted by Gasteiger charge is -2.03. The Kier molecular flexibility index (Phi) is 1.94. The third kappa shape index (κ3) is 1.33. The number of nitrogens with zero attached hydrogens (tertiary/aromatic N) is 2. The molecule has 1 heterocycles. The van der Waals surface area contributed by atoms with Crippen LogP contribution >= 0.6 is 0 Å². The molecule has 2 aromatic rings. The Hall–Kier alpha value is -1.88. The maximum Gasteiger partial charge on any atom is 0.141 e. The van der Waals surface area contributed by atoms with Gasteiger partial charge < -0.3 is 0 Å². The minimum Gasteiger partial charge on any atom is -0.237 e. The van der Waals surface area contributed by atoms with Crippen LogP contribution in [0, 0.1) is 25.2 Å². The zero-order valence-electron chi connectivity index (χ0n) is 8.20. The number of hydrogen-bond donors (Lipinski definition) is 0. The van der Waals surface area contributed by atoms with E-state index in [1.165, 1.54) is 11.1 Å². The second kappa shape index (κ2) is 3.12. The van der Waals surface area contributed by atoms with Crippen molar-refractivity contribution in [1.29, 1.82) is 5.26 Å². The van der Waals surface area contributed by atoms with Gasteiger partial charge in [0.2, 0.25) is 0 Å². The number of benzene rings is 1. The largest absolute Gasteiger partial charge is 0.237 e. The molecule has 0 unspecified atom stereocenters. The van der Waals surface area contributed by atoms with Gasteiger partial charge in [-0.2, -0.15) is 5.26 Å². The number of fused-ring (bicyclic) bond motifs is 1. The molecule has 0 saturated heterocycles. The monoisotopic (exact) mass is 182 g/mol. The van der Waals surface area contributed by atoms with Crippen molar-refractivity contribution in [3.05, 3.63) is 41.1 Å². The fraction of sp³-hybridized carbons (Fsp3) is 0.167. The molecule has 0 radical (unpaired) electrons. The van der Waals surface area contributed by atoms with Crippen molar-refractivity contribution in [2.75, 3.05) is 0 Å². The Labute approximate surface area is 82.8 Å². The van der Waals surface area contributed by atoms with Crippen LogP contribution in [0.4, 0.5) is 0 Å². The first-order valence-corrected chi connectivity index (χ1v) is 4.49. The zero-order chi connectivity index (χ0) is 10.1. The van der Waals surface area contributed by atoms with Crippen LogP contribution in [-0.4, -0.2) is 4.98 Å². The Balaban J connectivity index is 2.83. The van der Waals surface area contributed by atoms with Gasteiger partial charge in [-0.25, -0.2) is 4.98 Å². The zero-order valence-corrected chi connectivity index (χ0v) is 8.20. The van der Waals surface area contributed by atoms with Crippen LogP contribution in [0.5, 0.6) is 0 Å². The summed E-state index contributed by atoms with van der Waals surface area (Å²) >= 11 is 0. The summed E-state index contributed by atoms with van der Waals surface area (Å²) in [6.07, 6.45) is 0. The van der Waals surface area contributed by atoms with E-state index in [0.29, 0.717) is 5.69 Å². The number of pyridine rings is 1. The maximum absolute atomic E-state index is 8.72. The summed E-state index contributed by atoms with van der Waals surface area (Å²) in [7, 11) is 0. The minimum absolute atomic E-state index is 0.475. The Morgan fingerprint density at radius 2 is 2.00 bits per heavy atom. The van der Waals surface area contributed by atoms with E-state index in [4.69, 9.17) is 5.26 Å². The van der Waals surface area contributed by atoms with E-state index in [0.717, 1.165) is 10.9 Å². The van der Waals surface area contributed by atoms with Gasteiger partial charge in [-0.1, -0.05) is 6.07 Å². The van der Waals surface area contributed by atoms with E-state index in [-0.39, 0.29) is 0 Å². The maximum atomic E-state index is 8.72. The highest BCUT2D eigenvalue weighted by molar-refractivity contribution is 5.83. The Bertz CT molecular complexity index is 536. The van der Waals surface area contributed by atoms with Crippen LogP contribution < -0.4 is 0 Å². The summed E-state index contributed by atoms with van der Waals surface area (Å²) in [5.41, 5.74) is 3.76. The van der Waals surface area contributed by atoms with Crippen LogP contribution in [0.25, 0.3) is 10.9 Å². The van der Waals surface area contributed by atoms with E-state index in [2.05, 4.69) is 18.0 Å². The van der Waals surface area contributed by atoms with E-state index in [9.17, 15) is 0 Å². The predicted octanol–water partition coefficient (Wildman–Crippen LogP) is 2.72. The first kappa shape index (κ1) is 8.71. The topological polar surface area (TPSA) is 36.7 Å². The first-order valence-electron chi connectivity index (χ1n) is 4.49. The molecule has 2 nitrogen and oxygen atoms in total. The molecule has 1 aromatic carbocycles. The lowest BCUT2D eigenvalue weighted by Crippen LogP contribution is -1.87. The van der Waals surface area contributed by atoms with Crippen molar-refractivity contribution in [2.45, 2.75) is 13.8 Å². The molecule has 0 aliphatic heterocycles. The number of nitriles is 1. The molecular formula is C12H10N2. The van der Waals surface area contributed by atoms with Crippen LogP contribution in [-0.2, 0) is 0 Å². The molecule has 2 heteroatoms. The molecule has 0 bridgehead atoms. The third-order valence-corrected chi connectivity index (χ3v) is 2.27. The van der Waals surface area contributed by atoms with Gasteiger partial charge in [0.05, 0.1) is 5.52 Å². The molecule has 2 rings (SSSR count). The average Bonchev–Trinajstić information content (AvgIpc) is 2.16. The molecule has 0 spiro atoms. The second-order valence-corrected chi connectivity index (χ2v) is 3.46. The van der Waals surface area contributed by atoms with Gasteiger partial charge in [-0.15, -0.1) is 0 Å². The minimum atomic E-state index is 0.475. The molecule has 0 fully saturated rings. The molecule has 14 heavy (non-hydrogen) atoms. The quantitative estimate of drug-likeness (QED) is 0.628. The van der Waals surface area contributed by atoms with Gasteiger partial charge >= 0.3 is 0 Å². The van der Waals surface area contributed by atoms with Crippen molar-refractivity contribution >= 4 is 10.9 Å². The van der Waals surface area contributed by atoms with Gasteiger partial charge in [-0.3, -0.25) is 0 Å². The molecule has 1 aromatic heterocycles. The van der Waals surface area contributed by atoms with E-state index >= 15 is 0 Å². The number of aromatic nitrogens is 1. The van der Waals surface area contributed by atoms with Crippen LogP contribution in [0.15, 0.2) is 24.3 Å². The van der Waals surface area contributed by atoms with Gasteiger partial charge in [0, 0.05) is 5.39 Å². The lowest BCUT2D eigenvalue weighted by atomic mass is 10.1. The highest BCUT2D eigenvalue weighted by atomic mass is 14.7. The van der Waals surface area contributed by atoms with Crippen molar-refractivity contribution in [3.63, 3.8) is 0 Å². The van der Waals surface area contributed by atoms with Crippen molar-refractivity contribution in [1.82, 2.24) is 4.98 Å². The predicted molar refractivity (Wildman–Crippen MR) is 55.9 cm³/mol. The molecule has 0 aliphatic rings. The molecule has 68 valence electrons. The van der Waals surface area contributed by atoms with Crippen LogP contribution in [0.1, 0.15) is 16.8 Å². The molecular weight excluding hydrogens is 172 g/mol. The summed E-state index contributed by atoms with van der Waals surface area (Å²) in [5, 5.41) is 9.84. The molecule has 0 N–H and O–H groups in total. The standard InChI is InChI=1S/C12H10N2/c1-8-5-9(2)11-4-3-10(7-13)14-12(11)6-8/h3-6H,1-2H3. The van der Waals surface area contributed by atoms with E-state index in [1.54, 1.807) is 6.07 Å². The SMILES string of the molecule is Cc1cc(C)c2ccc(C#N)nc2c1. The fourth-order valence-electron chi connectivity index (χ4n) is 1.66. The second-order valence-electron chi connectivity index (χ2n) is 3.46. The highest BCUT2D eigenvalue weighted by Crippen LogP contribution is 2.18. The molecule has 0 saturated carbocycles. The first-order chi connectivity index (χ1) is 6.70. The molecule has 0 aliphatic carbocycles. The third-order valence-electron chi connectivity index (χ3n) is 2.27. The van der Waals surface area contributed by atoms with E-state index in [1.807, 2.05) is 25.1 Å². The Morgan fingerprint density at radius 1 is 1.21 bits per heavy atom. The van der Waals surface area contributed by atoms with Crippen molar-refractivity contribution < 1.29 is 0 Å². The molecule has 0 atom stereocenters. The summed E-state index contributed by atoms with van der Waals surface area (Å²) in [4.78, 5) is 4.25. The fourth-order valence-corrected chi connectivity index (χ4v) is 1.66. The smallest absolute Gasteiger partial charge is 0.141 e. The Morgan fingerprint density at radius 3 is 2.71 bits per heavy atom.